The summed E-state index contributed by atoms with van der Waals surface area (Å²) in [5.41, 5.74) is -0.423. The van der Waals surface area contributed by atoms with Gasteiger partial charge in [-0.3, -0.25) is 0 Å². The van der Waals surface area contributed by atoms with Crippen LogP contribution in [0.15, 0.2) is 12.2 Å². The minimum Gasteiger partial charge on any atom is -0.444 e. The van der Waals surface area contributed by atoms with Gasteiger partial charge in [-0.15, -0.1) is 0 Å². The Morgan fingerprint density at radius 1 is 1.44 bits per heavy atom. The zero-order chi connectivity index (χ0) is 12.2. The average Bonchev–Trinajstić information content (AvgIpc) is 2.05. The largest absolute Gasteiger partial charge is 0.444 e. The van der Waals surface area contributed by atoms with Gasteiger partial charge in [-0.2, -0.15) is 0 Å². The molecular weight excluding hydrogens is 206 g/mol. The average molecular weight is 227 g/mol. The molecule has 16 heavy (non-hydrogen) atoms. The summed E-state index contributed by atoms with van der Waals surface area (Å²) in [6, 6.07) is 0. The quantitative estimate of drug-likeness (QED) is 0.694. The summed E-state index contributed by atoms with van der Waals surface area (Å²) in [6.45, 7) is 9.43. The first-order valence-electron chi connectivity index (χ1n) is 5.63. The minimum atomic E-state index is -0.423. The molecule has 0 saturated carbocycles. The Balaban J connectivity index is 2.18. The molecule has 0 radical (unpaired) electrons. The van der Waals surface area contributed by atoms with Crippen molar-refractivity contribution in [2.45, 2.75) is 39.4 Å². The number of allylic oxidation sites excluding steroid dienone is 1. The minimum absolute atomic E-state index is 0.156. The molecule has 0 aromatic carbocycles. The topological polar surface area (TPSA) is 38.8 Å². The first-order chi connectivity index (χ1) is 7.42. The SMILES string of the molecule is C/C=C/COC1CN(C(=O)OC(C)(C)C)C1. The molecule has 0 atom stereocenters. The van der Waals surface area contributed by atoms with E-state index in [0.29, 0.717) is 19.7 Å². The lowest BCUT2D eigenvalue weighted by Gasteiger charge is -2.39. The number of rotatable bonds is 3. The van der Waals surface area contributed by atoms with E-state index in [9.17, 15) is 4.79 Å². The van der Waals surface area contributed by atoms with Crippen molar-refractivity contribution in [1.82, 2.24) is 4.90 Å². The van der Waals surface area contributed by atoms with Crippen molar-refractivity contribution in [2.75, 3.05) is 19.7 Å². The van der Waals surface area contributed by atoms with Crippen LogP contribution in [-0.4, -0.2) is 42.4 Å². The maximum Gasteiger partial charge on any atom is 0.410 e. The van der Waals surface area contributed by atoms with E-state index in [1.807, 2.05) is 39.8 Å². The molecule has 1 aliphatic rings. The van der Waals surface area contributed by atoms with Gasteiger partial charge in [-0.1, -0.05) is 12.2 Å². The Hall–Kier alpha value is -1.03. The fraction of sp³-hybridized carbons (Fsp3) is 0.750. The molecule has 4 heteroatoms. The van der Waals surface area contributed by atoms with E-state index in [1.54, 1.807) is 4.90 Å². The standard InChI is InChI=1S/C12H21NO3/c1-5-6-7-15-10-8-13(9-10)11(14)16-12(2,3)4/h5-6,10H,7-9H2,1-4H3/b6-5+. The van der Waals surface area contributed by atoms with E-state index < -0.39 is 5.60 Å². The van der Waals surface area contributed by atoms with Crippen LogP contribution in [0.3, 0.4) is 0 Å². The predicted octanol–water partition coefficient (Wildman–Crippen LogP) is 2.20. The van der Waals surface area contributed by atoms with Gasteiger partial charge in [0.05, 0.1) is 25.8 Å². The van der Waals surface area contributed by atoms with Crippen LogP contribution in [0.5, 0.6) is 0 Å². The third-order valence-electron chi connectivity index (χ3n) is 2.16. The molecule has 0 aliphatic carbocycles. The number of amides is 1. The van der Waals surface area contributed by atoms with Crippen LogP contribution in [0.25, 0.3) is 0 Å². The second kappa shape index (κ2) is 5.34. The second-order valence-corrected chi connectivity index (χ2v) is 4.91. The molecule has 0 aromatic heterocycles. The number of likely N-dealkylation sites (tertiary alicyclic amines) is 1. The molecule has 1 rings (SSSR count). The number of hydrogen-bond acceptors (Lipinski definition) is 3. The lowest BCUT2D eigenvalue weighted by atomic mass is 10.2. The van der Waals surface area contributed by atoms with Gasteiger partial charge >= 0.3 is 6.09 Å². The number of carbonyl (C=O) groups excluding carboxylic acids is 1. The van der Waals surface area contributed by atoms with Crippen LogP contribution >= 0.6 is 0 Å². The first-order valence-corrected chi connectivity index (χ1v) is 5.63. The van der Waals surface area contributed by atoms with Crippen molar-refractivity contribution in [1.29, 1.82) is 0 Å². The van der Waals surface area contributed by atoms with Gasteiger partial charge in [0.1, 0.15) is 5.60 Å². The number of ether oxygens (including phenoxy) is 2. The lowest BCUT2D eigenvalue weighted by Crippen LogP contribution is -2.55. The van der Waals surface area contributed by atoms with E-state index in [0.717, 1.165) is 0 Å². The van der Waals surface area contributed by atoms with Crippen LogP contribution in [0.2, 0.25) is 0 Å². The van der Waals surface area contributed by atoms with Gasteiger partial charge in [0.2, 0.25) is 0 Å². The third-order valence-corrected chi connectivity index (χ3v) is 2.16. The fourth-order valence-electron chi connectivity index (χ4n) is 1.31. The van der Waals surface area contributed by atoms with Crippen molar-refractivity contribution in [3.63, 3.8) is 0 Å². The highest BCUT2D eigenvalue weighted by Gasteiger charge is 2.33. The Morgan fingerprint density at radius 2 is 2.06 bits per heavy atom. The molecule has 1 heterocycles. The molecule has 1 fully saturated rings. The molecule has 1 aliphatic heterocycles. The Morgan fingerprint density at radius 3 is 2.56 bits per heavy atom. The maximum absolute atomic E-state index is 11.6. The highest BCUT2D eigenvalue weighted by Crippen LogP contribution is 2.16. The molecule has 4 nitrogen and oxygen atoms in total. The summed E-state index contributed by atoms with van der Waals surface area (Å²) in [4.78, 5) is 13.2. The lowest BCUT2D eigenvalue weighted by molar-refractivity contribution is -0.0557. The summed E-state index contributed by atoms with van der Waals surface area (Å²) in [7, 11) is 0. The van der Waals surface area contributed by atoms with Crippen molar-refractivity contribution in [2.24, 2.45) is 0 Å². The van der Waals surface area contributed by atoms with Gasteiger partial charge in [0.25, 0.3) is 0 Å². The number of carbonyl (C=O) groups is 1. The molecule has 0 aromatic rings. The molecule has 0 bridgehead atoms. The molecular formula is C12H21NO3. The van der Waals surface area contributed by atoms with E-state index in [-0.39, 0.29) is 12.2 Å². The Kier molecular flexibility index (Phi) is 4.35. The van der Waals surface area contributed by atoms with Crippen molar-refractivity contribution in [3.05, 3.63) is 12.2 Å². The Bertz CT molecular complexity index is 262. The maximum atomic E-state index is 11.6. The highest BCUT2D eigenvalue weighted by atomic mass is 16.6. The van der Waals surface area contributed by atoms with Crippen molar-refractivity contribution in [3.8, 4) is 0 Å². The van der Waals surface area contributed by atoms with E-state index in [1.165, 1.54) is 0 Å². The predicted molar refractivity (Wildman–Crippen MR) is 62.4 cm³/mol. The smallest absolute Gasteiger partial charge is 0.410 e. The van der Waals surface area contributed by atoms with Crippen LogP contribution in [0, 0.1) is 0 Å². The number of nitrogens with zero attached hydrogens (tertiary/aromatic N) is 1. The zero-order valence-electron chi connectivity index (χ0n) is 10.5. The summed E-state index contributed by atoms with van der Waals surface area (Å²) < 4.78 is 10.7. The summed E-state index contributed by atoms with van der Waals surface area (Å²) >= 11 is 0. The van der Waals surface area contributed by atoms with Gasteiger partial charge in [0.15, 0.2) is 0 Å². The molecule has 0 spiro atoms. The van der Waals surface area contributed by atoms with E-state index in [4.69, 9.17) is 9.47 Å². The summed E-state index contributed by atoms with van der Waals surface area (Å²) in [5.74, 6) is 0. The highest BCUT2D eigenvalue weighted by molar-refractivity contribution is 5.69. The summed E-state index contributed by atoms with van der Waals surface area (Å²) in [5, 5.41) is 0. The molecule has 0 N–H and O–H groups in total. The zero-order valence-corrected chi connectivity index (χ0v) is 10.5. The first kappa shape index (κ1) is 13.0. The van der Waals surface area contributed by atoms with Crippen LogP contribution < -0.4 is 0 Å². The van der Waals surface area contributed by atoms with Crippen LogP contribution in [0.1, 0.15) is 27.7 Å². The Labute approximate surface area is 97.2 Å². The van der Waals surface area contributed by atoms with Crippen LogP contribution in [-0.2, 0) is 9.47 Å². The summed E-state index contributed by atoms with van der Waals surface area (Å²) in [6.07, 6.45) is 3.81. The van der Waals surface area contributed by atoms with Gasteiger partial charge < -0.3 is 14.4 Å². The molecule has 0 unspecified atom stereocenters. The van der Waals surface area contributed by atoms with Gasteiger partial charge in [0, 0.05) is 0 Å². The molecule has 92 valence electrons. The van der Waals surface area contributed by atoms with Crippen molar-refractivity contribution >= 4 is 6.09 Å². The fourth-order valence-corrected chi connectivity index (χ4v) is 1.31. The molecule has 1 amide bonds. The number of hydrogen-bond donors (Lipinski definition) is 0. The second-order valence-electron chi connectivity index (χ2n) is 4.91. The van der Waals surface area contributed by atoms with Crippen molar-refractivity contribution < 1.29 is 14.3 Å². The third kappa shape index (κ3) is 4.23. The van der Waals surface area contributed by atoms with Crippen LogP contribution in [0.4, 0.5) is 4.79 Å². The van der Waals surface area contributed by atoms with E-state index in [2.05, 4.69) is 0 Å². The van der Waals surface area contributed by atoms with Gasteiger partial charge in [-0.05, 0) is 27.7 Å². The normalized spacial score (nSPS) is 17.6. The van der Waals surface area contributed by atoms with Gasteiger partial charge in [-0.25, -0.2) is 4.79 Å². The van der Waals surface area contributed by atoms with E-state index >= 15 is 0 Å². The monoisotopic (exact) mass is 227 g/mol. The molecule has 1 saturated heterocycles.